The number of nitrogens with two attached hydrogens (primary N) is 1. The summed E-state index contributed by atoms with van der Waals surface area (Å²) in [7, 11) is 0. The lowest BCUT2D eigenvalue weighted by Gasteiger charge is -2.17. The first-order valence-corrected chi connectivity index (χ1v) is 5.79. The molecule has 4 nitrogen and oxygen atoms in total. The second-order valence-electron chi connectivity index (χ2n) is 3.93. The van der Waals surface area contributed by atoms with Crippen LogP contribution in [0.5, 0.6) is 0 Å². The first-order chi connectivity index (χ1) is 7.15. The highest BCUT2D eigenvalue weighted by Crippen LogP contribution is 2.09. The van der Waals surface area contributed by atoms with Crippen LogP contribution in [0.25, 0.3) is 0 Å². The fourth-order valence-electron chi connectivity index (χ4n) is 1.50. The summed E-state index contributed by atoms with van der Waals surface area (Å²) in [6.07, 6.45) is 3.50. The lowest BCUT2D eigenvalue weighted by molar-refractivity contribution is -0.122. The van der Waals surface area contributed by atoms with Crippen LogP contribution in [0.4, 0.5) is 0 Å². The van der Waals surface area contributed by atoms with E-state index in [0.29, 0.717) is 18.9 Å². The molecule has 0 aliphatic carbocycles. The van der Waals surface area contributed by atoms with Gasteiger partial charge in [0.15, 0.2) is 0 Å². The lowest BCUT2D eigenvalue weighted by atomic mass is 10.00. The van der Waals surface area contributed by atoms with Crippen LogP contribution in [0.2, 0.25) is 0 Å². The Hall–Kier alpha value is -0.610. The summed E-state index contributed by atoms with van der Waals surface area (Å²) < 4.78 is 0. The number of nitrogens with one attached hydrogen (secondary N) is 1. The Morgan fingerprint density at radius 1 is 1.40 bits per heavy atom. The number of amides is 1. The van der Waals surface area contributed by atoms with Crippen molar-refractivity contribution in [3.8, 4) is 0 Å². The molecule has 0 spiro atoms. The Labute approximate surface area is 92.2 Å². The minimum absolute atomic E-state index is 0.0865. The maximum atomic E-state index is 11.4. The van der Waals surface area contributed by atoms with Gasteiger partial charge in [0.05, 0.1) is 6.04 Å². The molecule has 90 valence electrons. The second-order valence-corrected chi connectivity index (χ2v) is 3.93. The van der Waals surface area contributed by atoms with Crippen LogP contribution in [0, 0.1) is 5.92 Å². The molecular formula is C11H24N2O2. The molecule has 1 unspecified atom stereocenters. The van der Waals surface area contributed by atoms with Crippen LogP contribution < -0.4 is 11.1 Å². The predicted molar refractivity (Wildman–Crippen MR) is 61.4 cm³/mol. The van der Waals surface area contributed by atoms with Gasteiger partial charge in [0, 0.05) is 13.2 Å². The van der Waals surface area contributed by atoms with E-state index in [1.54, 1.807) is 0 Å². The Morgan fingerprint density at radius 3 is 2.53 bits per heavy atom. The molecule has 0 aromatic rings. The molecule has 0 rings (SSSR count). The lowest BCUT2D eigenvalue weighted by Crippen LogP contribution is -2.42. The summed E-state index contributed by atoms with van der Waals surface area (Å²) in [6, 6.07) is -0.401. The molecular weight excluding hydrogens is 192 g/mol. The van der Waals surface area contributed by atoms with Gasteiger partial charge in [-0.25, -0.2) is 0 Å². The molecule has 0 aromatic carbocycles. The third-order valence-corrected chi connectivity index (χ3v) is 2.58. The van der Waals surface area contributed by atoms with E-state index in [-0.39, 0.29) is 12.5 Å². The summed E-state index contributed by atoms with van der Waals surface area (Å²) in [5, 5.41) is 11.7. The summed E-state index contributed by atoms with van der Waals surface area (Å²) >= 11 is 0. The van der Waals surface area contributed by atoms with E-state index >= 15 is 0 Å². The maximum Gasteiger partial charge on any atom is 0.236 e. The van der Waals surface area contributed by atoms with Crippen molar-refractivity contribution in [3.63, 3.8) is 0 Å². The van der Waals surface area contributed by atoms with Gasteiger partial charge >= 0.3 is 0 Å². The first-order valence-electron chi connectivity index (χ1n) is 5.79. The summed E-state index contributed by atoms with van der Waals surface area (Å²) in [6.45, 7) is 4.80. The number of hydrogen-bond donors (Lipinski definition) is 3. The van der Waals surface area contributed by atoms with Crippen LogP contribution in [-0.4, -0.2) is 30.2 Å². The minimum atomic E-state index is -0.401. The molecule has 0 aliphatic rings. The van der Waals surface area contributed by atoms with Gasteiger partial charge in [-0.15, -0.1) is 0 Å². The number of aliphatic hydroxyl groups is 1. The van der Waals surface area contributed by atoms with Crippen molar-refractivity contribution >= 4 is 5.91 Å². The predicted octanol–water partition coefficient (Wildman–Crippen LogP) is 0.639. The molecule has 0 saturated carbocycles. The van der Waals surface area contributed by atoms with Crippen molar-refractivity contribution < 1.29 is 9.90 Å². The van der Waals surface area contributed by atoms with Crippen LogP contribution in [0.1, 0.15) is 39.5 Å². The van der Waals surface area contributed by atoms with E-state index in [2.05, 4.69) is 12.2 Å². The second kappa shape index (κ2) is 8.68. The number of rotatable bonds is 8. The van der Waals surface area contributed by atoms with Gasteiger partial charge in [-0.3, -0.25) is 4.79 Å². The molecule has 0 radical (unpaired) electrons. The topological polar surface area (TPSA) is 75.3 Å². The van der Waals surface area contributed by atoms with E-state index in [0.717, 1.165) is 19.3 Å². The molecule has 0 heterocycles. The molecule has 4 N–H and O–H groups in total. The molecule has 0 aromatic heterocycles. The maximum absolute atomic E-state index is 11.4. The van der Waals surface area contributed by atoms with E-state index < -0.39 is 6.04 Å². The summed E-state index contributed by atoms with van der Waals surface area (Å²) in [5.41, 5.74) is 5.59. The molecule has 1 amide bonds. The summed E-state index contributed by atoms with van der Waals surface area (Å²) in [4.78, 5) is 11.4. The minimum Gasteiger partial charge on any atom is -0.396 e. The Balaban J connectivity index is 3.82. The fraction of sp³-hybridized carbons (Fsp3) is 0.909. The Morgan fingerprint density at radius 2 is 2.07 bits per heavy atom. The van der Waals surface area contributed by atoms with E-state index in [4.69, 9.17) is 10.8 Å². The van der Waals surface area contributed by atoms with Gasteiger partial charge < -0.3 is 16.2 Å². The zero-order valence-corrected chi connectivity index (χ0v) is 9.83. The number of aliphatic hydroxyl groups excluding tert-OH is 1. The van der Waals surface area contributed by atoms with Crippen molar-refractivity contribution in [1.82, 2.24) is 5.32 Å². The molecule has 15 heavy (non-hydrogen) atoms. The molecule has 0 fully saturated rings. The van der Waals surface area contributed by atoms with E-state index in [1.807, 2.05) is 6.92 Å². The van der Waals surface area contributed by atoms with Crippen LogP contribution >= 0.6 is 0 Å². The van der Waals surface area contributed by atoms with Gasteiger partial charge in [-0.1, -0.05) is 20.3 Å². The summed E-state index contributed by atoms with van der Waals surface area (Å²) in [5.74, 6) is 0.282. The van der Waals surface area contributed by atoms with Gasteiger partial charge in [0.2, 0.25) is 5.91 Å². The van der Waals surface area contributed by atoms with Gasteiger partial charge in [0.1, 0.15) is 0 Å². The van der Waals surface area contributed by atoms with E-state index in [9.17, 15) is 4.79 Å². The van der Waals surface area contributed by atoms with Gasteiger partial charge in [-0.2, -0.15) is 0 Å². The van der Waals surface area contributed by atoms with Crippen molar-refractivity contribution in [2.75, 3.05) is 13.2 Å². The van der Waals surface area contributed by atoms with Gasteiger partial charge in [0.25, 0.3) is 0 Å². The normalized spacial score (nSPS) is 14.7. The molecule has 4 heteroatoms. The van der Waals surface area contributed by atoms with Crippen molar-refractivity contribution in [2.45, 2.75) is 45.6 Å². The van der Waals surface area contributed by atoms with Crippen molar-refractivity contribution in [2.24, 2.45) is 11.7 Å². The number of carbonyl (C=O) groups excluding carboxylic acids is 1. The highest BCUT2D eigenvalue weighted by atomic mass is 16.3. The van der Waals surface area contributed by atoms with Crippen LogP contribution in [-0.2, 0) is 4.79 Å². The number of hydrogen-bond acceptors (Lipinski definition) is 3. The molecule has 0 saturated heterocycles. The molecule has 0 aliphatic heterocycles. The zero-order chi connectivity index (χ0) is 11.7. The third kappa shape index (κ3) is 6.47. The molecule has 0 bridgehead atoms. The highest BCUT2D eigenvalue weighted by molar-refractivity contribution is 5.81. The zero-order valence-electron chi connectivity index (χ0n) is 9.83. The SMILES string of the molecule is CCCC(CCO)CNC(=O)[C@H](N)CC. The largest absolute Gasteiger partial charge is 0.396 e. The first kappa shape index (κ1) is 14.4. The standard InChI is InChI=1S/C11H24N2O2/c1-3-5-9(6-7-14)8-13-11(15)10(12)4-2/h9-10,14H,3-8,12H2,1-2H3,(H,13,15)/t9?,10-/m1/s1. The third-order valence-electron chi connectivity index (χ3n) is 2.58. The fourth-order valence-corrected chi connectivity index (χ4v) is 1.50. The van der Waals surface area contributed by atoms with Crippen molar-refractivity contribution in [3.05, 3.63) is 0 Å². The Bertz CT molecular complexity index is 168. The van der Waals surface area contributed by atoms with Crippen molar-refractivity contribution in [1.29, 1.82) is 0 Å². The quantitative estimate of drug-likeness (QED) is 0.557. The van der Waals surface area contributed by atoms with Crippen LogP contribution in [0.15, 0.2) is 0 Å². The van der Waals surface area contributed by atoms with Crippen LogP contribution in [0.3, 0.4) is 0 Å². The Kier molecular flexibility index (Phi) is 8.33. The monoisotopic (exact) mass is 216 g/mol. The van der Waals surface area contributed by atoms with E-state index in [1.165, 1.54) is 0 Å². The smallest absolute Gasteiger partial charge is 0.236 e. The number of carbonyl (C=O) groups is 1. The van der Waals surface area contributed by atoms with Gasteiger partial charge in [-0.05, 0) is 25.2 Å². The highest BCUT2D eigenvalue weighted by Gasteiger charge is 2.13. The average Bonchev–Trinajstić information content (AvgIpc) is 2.25. The average molecular weight is 216 g/mol. The molecule has 2 atom stereocenters.